The molecule has 0 saturated carbocycles. The van der Waals surface area contributed by atoms with Crippen LogP contribution in [0.3, 0.4) is 0 Å². The molecule has 2 N–H and O–H groups in total. The zero-order valence-electron chi connectivity index (χ0n) is 12.9. The Labute approximate surface area is 142 Å². The lowest BCUT2D eigenvalue weighted by molar-refractivity contribution is -0.125. The summed E-state index contributed by atoms with van der Waals surface area (Å²) in [7, 11) is 0. The lowest BCUT2D eigenvalue weighted by Gasteiger charge is -2.13. The Bertz CT molecular complexity index is 788. The summed E-state index contributed by atoms with van der Waals surface area (Å²) in [5.74, 6) is -0.535. The summed E-state index contributed by atoms with van der Waals surface area (Å²) < 4.78 is 3.80. The molecule has 1 fully saturated rings. The van der Waals surface area contributed by atoms with Gasteiger partial charge in [-0.2, -0.15) is 0 Å². The molecule has 1 aromatic heterocycles. The molecule has 1 saturated heterocycles. The van der Waals surface area contributed by atoms with Crippen LogP contribution in [0.1, 0.15) is 27.9 Å². The number of rotatable bonds is 5. The van der Waals surface area contributed by atoms with Crippen LogP contribution in [0.4, 0.5) is 10.5 Å². The molecular formula is C15H15N5O3S. The molecule has 0 radical (unpaired) electrons. The minimum absolute atomic E-state index is 0.0213. The first-order valence-corrected chi connectivity index (χ1v) is 8.15. The first-order chi connectivity index (χ1) is 11.6. The van der Waals surface area contributed by atoms with Gasteiger partial charge in [0.1, 0.15) is 4.88 Å². The molecular weight excluding hydrogens is 330 g/mol. The summed E-state index contributed by atoms with van der Waals surface area (Å²) in [4.78, 5) is 37.2. The lowest BCUT2D eigenvalue weighted by Crippen LogP contribution is -2.30. The number of nitrogens with zero attached hydrogens (tertiary/aromatic N) is 3. The topological polar surface area (TPSA) is 104 Å². The van der Waals surface area contributed by atoms with Gasteiger partial charge in [-0.3, -0.25) is 14.5 Å². The highest BCUT2D eigenvalue weighted by molar-refractivity contribution is 7.08. The Morgan fingerprint density at radius 2 is 2.25 bits per heavy atom. The molecule has 9 heteroatoms. The second-order valence-electron chi connectivity index (χ2n) is 5.20. The van der Waals surface area contributed by atoms with Gasteiger partial charge in [-0.05, 0) is 35.6 Å². The van der Waals surface area contributed by atoms with Crippen LogP contribution in [-0.4, -0.2) is 38.9 Å². The van der Waals surface area contributed by atoms with Gasteiger partial charge in [0.05, 0.1) is 18.8 Å². The minimum Gasteiger partial charge on any atom is -0.329 e. The maximum Gasteiger partial charge on any atom is 0.324 e. The molecule has 2 aromatic rings. The van der Waals surface area contributed by atoms with E-state index in [-0.39, 0.29) is 24.9 Å². The van der Waals surface area contributed by atoms with Gasteiger partial charge in [-0.1, -0.05) is 23.5 Å². The third-order valence-corrected chi connectivity index (χ3v) is 4.33. The predicted octanol–water partition coefficient (Wildman–Crippen LogP) is 1.40. The second-order valence-corrected chi connectivity index (χ2v) is 5.95. The molecule has 1 aliphatic rings. The number of nitrogens with one attached hydrogen (secondary N) is 2. The second kappa shape index (κ2) is 6.75. The van der Waals surface area contributed by atoms with Gasteiger partial charge >= 0.3 is 6.03 Å². The number of hydrogen-bond donors (Lipinski definition) is 2. The van der Waals surface area contributed by atoms with Crippen molar-refractivity contribution in [2.24, 2.45) is 0 Å². The van der Waals surface area contributed by atoms with Crippen molar-refractivity contribution < 1.29 is 14.4 Å². The van der Waals surface area contributed by atoms with Crippen LogP contribution in [0.2, 0.25) is 0 Å². The van der Waals surface area contributed by atoms with Crippen molar-refractivity contribution in [3.63, 3.8) is 0 Å². The zero-order chi connectivity index (χ0) is 17.1. The maximum atomic E-state index is 12.3. The van der Waals surface area contributed by atoms with Gasteiger partial charge in [0.25, 0.3) is 5.91 Å². The number of benzene rings is 1. The third-order valence-electron chi connectivity index (χ3n) is 3.56. The Hall–Kier alpha value is -2.81. The van der Waals surface area contributed by atoms with E-state index in [0.717, 1.165) is 22.0 Å². The van der Waals surface area contributed by atoms with Crippen molar-refractivity contribution >= 4 is 35.1 Å². The minimum atomic E-state index is -0.405. The highest BCUT2D eigenvalue weighted by Gasteiger charge is 2.28. The van der Waals surface area contributed by atoms with Crippen LogP contribution in [0.15, 0.2) is 24.3 Å². The number of imide groups is 1. The SMILES string of the molecule is CCc1nnsc1C(=O)Nc1cccc(CN2C(=O)CNC2=O)c1. The Morgan fingerprint density at radius 1 is 1.42 bits per heavy atom. The number of carbonyl (C=O) groups excluding carboxylic acids is 3. The molecule has 24 heavy (non-hydrogen) atoms. The Morgan fingerprint density at radius 3 is 2.96 bits per heavy atom. The number of amides is 4. The summed E-state index contributed by atoms with van der Waals surface area (Å²) in [5, 5.41) is 9.19. The van der Waals surface area contributed by atoms with Crippen molar-refractivity contribution in [3.05, 3.63) is 40.4 Å². The van der Waals surface area contributed by atoms with Crippen LogP contribution < -0.4 is 10.6 Å². The van der Waals surface area contributed by atoms with Crippen LogP contribution >= 0.6 is 11.5 Å². The van der Waals surface area contributed by atoms with E-state index >= 15 is 0 Å². The first kappa shape index (κ1) is 16.1. The molecule has 0 unspecified atom stereocenters. The monoisotopic (exact) mass is 345 g/mol. The molecule has 8 nitrogen and oxygen atoms in total. The van der Waals surface area contributed by atoms with E-state index in [1.807, 2.05) is 6.92 Å². The fraction of sp³-hybridized carbons (Fsp3) is 0.267. The summed E-state index contributed by atoms with van der Waals surface area (Å²) in [6.45, 7) is 2.09. The molecule has 124 valence electrons. The smallest absolute Gasteiger partial charge is 0.324 e. The van der Waals surface area contributed by atoms with Gasteiger partial charge < -0.3 is 10.6 Å². The zero-order valence-corrected chi connectivity index (χ0v) is 13.7. The summed E-state index contributed by atoms with van der Waals surface area (Å²) in [6, 6.07) is 6.62. The van der Waals surface area contributed by atoms with E-state index in [4.69, 9.17) is 0 Å². The largest absolute Gasteiger partial charge is 0.329 e. The van der Waals surface area contributed by atoms with Gasteiger partial charge in [0, 0.05) is 5.69 Å². The highest BCUT2D eigenvalue weighted by atomic mass is 32.1. The van der Waals surface area contributed by atoms with E-state index in [1.54, 1.807) is 24.3 Å². The van der Waals surface area contributed by atoms with Crippen molar-refractivity contribution in [1.82, 2.24) is 19.8 Å². The Kier molecular flexibility index (Phi) is 4.52. The van der Waals surface area contributed by atoms with E-state index in [0.29, 0.717) is 22.7 Å². The molecule has 2 heterocycles. The highest BCUT2D eigenvalue weighted by Crippen LogP contribution is 2.17. The normalized spacial score (nSPS) is 14.0. The fourth-order valence-corrected chi connectivity index (χ4v) is 2.99. The average Bonchev–Trinajstić information content (AvgIpc) is 3.17. The number of carbonyl (C=O) groups is 3. The van der Waals surface area contributed by atoms with Gasteiger partial charge in [-0.25, -0.2) is 4.79 Å². The number of anilines is 1. The summed E-state index contributed by atoms with van der Waals surface area (Å²) in [5.41, 5.74) is 1.99. The van der Waals surface area contributed by atoms with Crippen molar-refractivity contribution in [3.8, 4) is 0 Å². The molecule has 0 atom stereocenters. The Balaban J connectivity index is 1.72. The first-order valence-electron chi connectivity index (χ1n) is 7.38. The molecule has 3 rings (SSSR count). The molecule has 0 spiro atoms. The van der Waals surface area contributed by atoms with Crippen LogP contribution in [0.25, 0.3) is 0 Å². The quantitative estimate of drug-likeness (QED) is 0.797. The van der Waals surface area contributed by atoms with E-state index in [2.05, 4.69) is 20.2 Å². The summed E-state index contributed by atoms with van der Waals surface area (Å²) in [6.07, 6.45) is 0.630. The summed E-state index contributed by atoms with van der Waals surface area (Å²) >= 11 is 1.05. The van der Waals surface area contributed by atoms with Gasteiger partial charge in [0.15, 0.2) is 0 Å². The molecule has 0 aliphatic carbocycles. The fourth-order valence-electron chi connectivity index (χ4n) is 2.35. The average molecular weight is 345 g/mol. The van der Waals surface area contributed by atoms with Crippen LogP contribution in [-0.2, 0) is 17.8 Å². The standard InChI is InChI=1S/C15H15N5O3S/c1-2-11-13(24-19-18-11)14(22)17-10-5-3-4-9(6-10)8-20-12(21)7-16-15(20)23/h3-6H,2,7-8H2,1H3,(H,16,23)(H,17,22). The number of aromatic nitrogens is 2. The lowest BCUT2D eigenvalue weighted by atomic mass is 10.2. The van der Waals surface area contributed by atoms with E-state index < -0.39 is 6.03 Å². The van der Waals surface area contributed by atoms with Gasteiger partial charge in [-0.15, -0.1) is 5.10 Å². The molecule has 1 aromatic carbocycles. The van der Waals surface area contributed by atoms with Crippen molar-refractivity contribution in [1.29, 1.82) is 0 Å². The number of aryl methyl sites for hydroxylation is 1. The van der Waals surface area contributed by atoms with E-state index in [9.17, 15) is 14.4 Å². The number of urea groups is 1. The maximum absolute atomic E-state index is 12.3. The van der Waals surface area contributed by atoms with Crippen LogP contribution in [0, 0.1) is 0 Å². The van der Waals surface area contributed by atoms with Crippen molar-refractivity contribution in [2.75, 3.05) is 11.9 Å². The number of hydrogen-bond acceptors (Lipinski definition) is 6. The van der Waals surface area contributed by atoms with E-state index in [1.165, 1.54) is 0 Å². The van der Waals surface area contributed by atoms with Gasteiger partial charge in [0.2, 0.25) is 5.91 Å². The predicted molar refractivity (Wildman–Crippen MR) is 87.6 cm³/mol. The van der Waals surface area contributed by atoms with Crippen molar-refractivity contribution in [2.45, 2.75) is 19.9 Å². The van der Waals surface area contributed by atoms with Crippen LogP contribution in [0.5, 0.6) is 0 Å². The molecule has 1 aliphatic heterocycles. The molecule has 4 amide bonds. The third kappa shape index (κ3) is 3.25. The molecule has 0 bridgehead atoms.